The van der Waals surface area contributed by atoms with Crippen LogP contribution >= 0.6 is 11.6 Å². The molecule has 3 rings (SSSR count). The summed E-state index contributed by atoms with van der Waals surface area (Å²) in [5.41, 5.74) is 3.01. The van der Waals surface area contributed by atoms with Gasteiger partial charge in [-0.15, -0.1) is 0 Å². The van der Waals surface area contributed by atoms with Crippen LogP contribution in [0.4, 0.5) is 17.1 Å². The lowest BCUT2D eigenvalue weighted by molar-refractivity contribution is -0.385. The summed E-state index contributed by atoms with van der Waals surface area (Å²) in [6.45, 7) is 0. The number of carbonyl (C=O) groups is 1. The number of nitrogens with zero attached hydrogens (tertiary/aromatic N) is 2. The van der Waals surface area contributed by atoms with Crippen molar-refractivity contribution in [3.05, 3.63) is 93.0 Å². The van der Waals surface area contributed by atoms with Gasteiger partial charge in [0.25, 0.3) is 15.7 Å². The first-order chi connectivity index (χ1) is 15.2. The monoisotopic (exact) mass is 474 g/mol. The Balaban J connectivity index is 1.89. The fourth-order valence-corrected chi connectivity index (χ4v) is 3.92. The average molecular weight is 475 g/mol. The zero-order valence-corrected chi connectivity index (χ0v) is 17.7. The van der Waals surface area contributed by atoms with E-state index in [9.17, 15) is 23.3 Å². The summed E-state index contributed by atoms with van der Waals surface area (Å²) in [6.07, 6.45) is 1.34. The standard InChI is InChI=1S/C20H15ClN4O6S/c21-15-5-7-16(8-6-15)24-32(30,31)19-11-17(25(28)29)9-10-18(19)23-22-12-13-1-3-14(4-2-13)20(26)27/h1-12,23-24H,(H,26,27)/b22-12-. The van der Waals surface area contributed by atoms with E-state index in [0.717, 1.165) is 12.1 Å². The van der Waals surface area contributed by atoms with Crippen molar-refractivity contribution in [3.8, 4) is 0 Å². The van der Waals surface area contributed by atoms with Crippen LogP contribution in [0, 0.1) is 10.1 Å². The highest BCUT2D eigenvalue weighted by atomic mass is 35.5. The normalized spacial score (nSPS) is 11.3. The lowest BCUT2D eigenvalue weighted by Gasteiger charge is -2.12. The van der Waals surface area contributed by atoms with Crippen molar-refractivity contribution >= 4 is 50.9 Å². The Hall–Kier alpha value is -3.96. The second-order valence-corrected chi connectivity index (χ2v) is 8.43. The van der Waals surface area contributed by atoms with Gasteiger partial charge >= 0.3 is 5.97 Å². The van der Waals surface area contributed by atoms with Crippen LogP contribution in [0.25, 0.3) is 0 Å². The van der Waals surface area contributed by atoms with Crippen molar-refractivity contribution in [2.75, 3.05) is 10.1 Å². The first kappa shape index (κ1) is 22.7. The van der Waals surface area contributed by atoms with Gasteiger partial charge in [0.1, 0.15) is 4.90 Å². The highest BCUT2D eigenvalue weighted by Gasteiger charge is 2.22. The van der Waals surface area contributed by atoms with Crippen LogP contribution in [0.1, 0.15) is 15.9 Å². The Bertz CT molecular complexity index is 1290. The number of nitro groups is 1. The van der Waals surface area contributed by atoms with Crippen LogP contribution in [0.15, 0.2) is 76.7 Å². The van der Waals surface area contributed by atoms with Gasteiger partial charge in [0.05, 0.1) is 22.4 Å². The lowest BCUT2D eigenvalue weighted by Crippen LogP contribution is -2.15. The van der Waals surface area contributed by atoms with E-state index >= 15 is 0 Å². The van der Waals surface area contributed by atoms with E-state index in [2.05, 4.69) is 15.2 Å². The molecule has 0 saturated heterocycles. The Morgan fingerprint density at radius 3 is 2.31 bits per heavy atom. The smallest absolute Gasteiger partial charge is 0.335 e. The largest absolute Gasteiger partial charge is 0.478 e. The second-order valence-electron chi connectivity index (χ2n) is 6.35. The molecular formula is C20H15ClN4O6S. The van der Waals surface area contributed by atoms with E-state index in [1.807, 2.05) is 0 Å². The molecule has 10 nitrogen and oxygen atoms in total. The maximum Gasteiger partial charge on any atom is 0.335 e. The molecule has 0 aliphatic carbocycles. The number of aromatic carboxylic acids is 1. The molecular weight excluding hydrogens is 460 g/mol. The van der Waals surface area contributed by atoms with Gasteiger partial charge in [-0.05, 0) is 48.0 Å². The molecule has 0 unspecified atom stereocenters. The predicted molar refractivity (Wildman–Crippen MR) is 120 cm³/mol. The van der Waals surface area contributed by atoms with Crippen LogP contribution in [0.5, 0.6) is 0 Å². The molecule has 0 bridgehead atoms. The zero-order chi connectivity index (χ0) is 23.3. The number of carboxylic acid groups (broad SMARTS) is 1. The Morgan fingerprint density at radius 2 is 1.72 bits per heavy atom. The lowest BCUT2D eigenvalue weighted by atomic mass is 10.1. The van der Waals surface area contributed by atoms with Gasteiger partial charge in [0.2, 0.25) is 0 Å². The molecule has 32 heavy (non-hydrogen) atoms. The number of nitro benzene ring substituents is 1. The van der Waals surface area contributed by atoms with Crippen LogP contribution in [0.3, 0.4) is 0 Å². The minimum absolute atomic E-state index is 0.00419. The highest BCUT2D eigenvalue weighted by molar-refractivity contribution is 7.92. The number of hydrogen-bond donors (Lipinski definition) is 3. The summed E-state index contributed by atoms with van der Waals surface area (Å²) < 4.78 is 28.1. The molecule has 164 valence electrons. The first-order valence-corrected chi connectivity index (χ1v) is 10.7. The van der Waals surface area contributed by atoms with Crippen LogP contribution in [0.2, 0.25) is 5.02 Å². The predicted octanol–water partition coefficient (Wildman–Crippen LogP) is 4.19. The van der Waals surface area contributed by atoms with Crippen molar-refractivity contribution in [1.29, 1.82) is 0 Å². The fourth-order valence-electron chi connectivity index (χ4n) is 2.56. The van der Waals surface area contributed by atoms with Gasteiger partial charge in [-0.2, -0.15) is 5.10 Å². The summed E-state index contributed by atoms with van der Waals surface area (Å²) in [5.74, 6) is -1.07. The van der Waals surface area contributed by atoms with Crippen LogP contribution in [-0.2, 0) is 10.0 Å². The summed E-state index contributed by atoms with van der Waals surface area (Å²) in [6, 6.07) is 15.0. The minimum atomic E-state index is -4.22. The molecule has 0 aromatic heterocycles. The molecule has 0 radical (unpaired) electrons. The third kappa shape index (κ3) is 5.59. The number of halogens is 1. The van der Waals surface area contributed by atoms with Gasteiger partial charge in [0.15, 0.2) is 0 Å². The van der Waals surface area contributed by atoms with Crippen molar-refractivity contribution < 1.29 is 23.2 Å². The number of hydrogen-bond acceptors (Lipinski definition) is 7. The number of non-ortho nitro benzene ring substituents is 1. The van der Waals surface area contributed by atoms with Gasteiger partial charge in [-0.3, -0.25) is 20.3 Å². The third-order valence-electron chi connectivity index (χ3n) is 4.12. The summed E-state index contributed by atoms with van der Waals surface area (Å²) in [4.78, 5) is 20.9. The van der Waals surface area contributed by atoms with E-state index in [1.165, 1.54) is 60.8 Å². The maximum absolute atomic E-state index is 12.9. The summed E-state index contributed by atoms with van der Waals surface area (Å²) in [5, 5.41) is 24.4. The molecule has 0 amide bonds. The topological polar surface area (TPSA) is 151 Å². The molecule has 0 aliphatic heterocycles. The molecule has 0 saturated carbocycles. The van der Waals surface area contributed by atoms with Crippen molar-refractivity contribution in [2.24, 2.45) is 5.10 Å². The van der Waals surface area contributed by atoms with E-state index < -0.39 is 26.6 Å². The van der Waals surface area contributed by atoms with Gasteiger partial charge < -0.3 is 5.11 Å². The number of carboxylic acids is 1. The molecule has 0 atom stereocenters. The van der Waals surface area contributed by atoms with Crippen molar-refractivity contribution in [3.63, 3.8) is 0 Å². The van der Waals surface area contributed by atoms with Crippen LogP contribution < -0.4 is 10.1 Å². The number of anilines is 2. The van der Waals surface area contributed by atoms with Crippen molar-refractivity contribution in [2.45, 2.75) is 4.90 Å². The molecule has 3 aromatic carbocycles. The SMILES string of the molecule is O=C(O)c1ccc(/C=N\Nc2ccc([N+](=O)[O-])cc2S(=O)(=O)Nc2ccc(Cl)cc2)cc1. The van der Waals surface area contributed by atoms with Crippen molar-refractivity contribution in [1.82, 2.24) is 0 Å². The summed E-state index contributed by atoms with van der Waals surface area (Å²) in [7, 11) is -4.22. The fraction of sp³-hybridized carbons (Fsp3) is 0. The average Bonchev–Trinajstić information content (AvgIpc) is 2.75. The van der Waals surface area contributed by atoms with E-state index in [4.69, 9.17) is 16.7 Å². The molecule has 0 aliphatic rings. The van der Waals surface area contributed by atoms with Gasteiger partial charge in [0, 0.05) is 22.8 Å². The molecule has 12 heteroatoms. The molecule has 0 spiro atoms. The Morgan fingerprint density at radius 1 is 1.06 bits per heavy atom. The number of benzene rings is 3. The Kier molecular flexibility index (Phi) is 6.71. The molecule has 0 fully saturated rings. The quantitative estimate of drug-likeness (QED) is 0.251. The summed E-state index contributed by atoms with van der Waals surface area (Å²) >= 11 is 5.81. The van der Waals surface area contributed by atoms with E-state index in [-0.39, 0.29) is 21.8 Å². The van der Waals surface area contributed by atoms with Crippen LogP contribution in [-0.4, -0.2) is 30.6 Å². The third-order valence-corrected chi connectivity index (χ3v) is 5.79. The molecule has 3 aromatic rings. The van der Waals surface area contributed by atoms with Gasteiger partial charge in [-0.25, -0.2) is 13.2 Å². The number of nitrogens with one attached hydrogen (secondary N) is 2. The molecule has 3 N–H and O–H groups in total. The van der Waals surface area contributed by atoms with E-state index in [0.29, 0.717) is 10.6 Å². The molecule has 0 heterocycles. The van der Waals surface area contributed by atoms with Gasteiger partial charge in [-0.1, -0.05) is 23.7 Å². The zero-order valence-electron chi connectivity index (χ0n) is 16.1. The number of sulfonamides is 1. The maximum atomic E-state index is 12.9. The second kappa shape index (κ2) is 9.45. The number of rotatable bonds is 8. The Labute approximate surface area is 187 Å². The minimum Gasteiger partial charge on any atom is -0.478 e. The number of hydrazone groups is 1. The first-order valence-electron chi connectivity index (χ1n) is 8.85. The highest BCUT2D eigenvalue weighted by Crippen LogP contribution is 2.28. The van der Waals surface area contributed by atoms with E-state index in [1.54, 1.807) is 0 Å².